The summed E-state index contributed by atoms with van der Waals surface area (Å²) in [6, 6.07) is 3.58. The van der Waals surface area contributed by atoms with Crippen molar-refractivity contribution in [3.63, 3.8) is 0 Å². The first-order chi connectivity index (χ1) is 7.13. The lowest BCUT2D eigenvalue weighted by Gasteiger charge is -2.17. The molecule has 1 aromatic carbocycles. The molecule has 0 saturated carbocycles. The molecule has 0 amide bonds. The molecular weight excluding hydrogens is 190 g/mol. The summed E-state index contributed by atoms with van der Waals surface area (Å²) < 4.78 is 10.6. The molecule has 0 bridgehead atoms. The Morgan fingerprint density at radius 2 is 1.73 bits per heavy atom. The van der Waals surface area contributed by atoms with E-state index in [0.717, 1.165) is 22.6 Å². The topological polar surface area (TPSA) is 44.5 Å². The molecule has 1 aromatic rings. The van der Waals surface area contributed by atoms with Crippen LogP contribution in [0.15, 0.2) is 24.8 Å². The number of hydrogen-bond donors (Lipinski definition) is 1. The van der Waals surface area contributed by atoms with Crippen molar-refractivity contribution in [2.24, 2.45) is 5.73 Å². The van der Waals surface area contributed by atoms with Crippen molar-refractivity contribution in [3.8, 4) is 11.5 Å². The first kappa shape index (κ1) is 11.6. The smallest absolute Gasteiger partial charge is 0.127 e. The molecule has 0 fully saturated rings. The van der Waals surface area contributed by atoms with Crippen molar-refractivity contribution in [1.29, 1.82) is 0 Å². The van der Waals surface area contributed by atoms with Crippen LogP contribution in [0.3, 0.4) is 0 Å². The lowest BCUT2D eigenvalue weighted by molar-refractivity contribution is 0.382. The van der Waals surface area contributed by atoms with E-state index in [1.165, 1.54) is 0 Å². The number of ether oxygens (including phenoxy) is 2. The Bertz CT molecular complexity index is 336. The highest BCUT2D eigenvalue weighted by molar-refractivity contribution is 5.50. The zero-order chi connectivity index (χ0) is 11.4. The molecule has 0 heterocycles. The molecule has 0 unspecified atom stereocenters. The van der Waals surface area contributed by atoms with Crippen LogP contribution in [0.4, 0.5) is 0 Å². The Hall–Kier alpha value is -1.48. The zero-order valence-electron chi connectivity index (χ0n) is 9.41. The van der Waals surface area contributed by atoms with Gasteiger partial charge < -0.3 is 15.2 Å². The third kappa shape index (κ3) is 2.30. The van der Waals surface area contributed by atoms with E-state index in [1.54, 1.807) is 20.3 Å². The SMILES string of the molecule is C=C[C@@H](N)c1c(OC)cc(C)cc1OC. The number of rotatable bonds is 4. The van der Waals surface area contributed by atoms with Crippen LogP contribution in [0, 0.1) is 6.92 Å². The van der Waals surface area contributed by atoms with E-state index in [1.807, 2.05) is 19.1 Å². The molecule has 1 rings (SSSR count). The number of aryl methyl sites for hydroxylation is 1. The predicted octanol–water partition coefficient (Wildman–Crippen LogP) is 2.20. The van der Waals surface area contributed by atoms with Gasteiger partial charge in [0.2, 0.25) is 0 Å². The van der Waals surface area contributed by atoms with E-state index in [-0.39, 0.29) is 6.04 Å². The standard InChI is InChI=1S/C12H17NO2/c1-5-9(13)12-10(14-3)6-8(2)7-11(12)15-4/h5-7,9H,1,13H2,2-4H3/t9-/m1/s1. The second-order valence-electron chi connectivity index (χ2n) is 3.34. The van der Waals surface area contributed by atoms with Crippen molar-refractivity contribution in [1.82, 2.24) is 0 Å². The van der Waals surface area contributed by atoms with Gasteiger partial charge in [0.05, 0.1) is 25.8 Å². The average molecular weight is 207 g/mol. The van der Waals surface area contributed by atoms with Gasteiger partial charge in [-0.15, -0.1) is 6.58 Å². The van der Waals surface area contributed by atoms with Crippen molar-refractivity contribution >= 4 is 0 Å². The van der Waals surface area contributed by atoms with E-state index >= 15 is 0 Å². The van der Waals surface area contributed by atoms with Gasteiger partial charge >= 0.3 is 0 Å². The average Bonchev–Trinajstić information content (AvgIpc) is 2.26. The number of benzene rings is 1. The quantitative estimate of drug-likeness (QED) is 0.770. The molecule has 82 valence electrons. The van der Waals surface area contributed by atoms with Gasteiger partial charge in [-0.05, 0) is 24.6 Å². The van der Waals surface area contributed by atoms with Gasteiger partial charge in [0.15, 0.2) is 0 Å². The van der Waals surface area contributed by atoms with E-state index < -0.39 is 0 Å². The highest BCUT2D eigenvalue weighted by Gasteiger charge is 2.15. The van der Waals surface area contributed by atoms with Crippen LogP contribution in [0.2, 0.25) is 0 Å². The van der Waals surface area contributed by atoms with Gasteiger partial charge in [-0.25, -0.2) is 0 Å². The summed E-state index contributed by atoms with van der Waals surface area (Å²) in [4.78, 5) is 0. The highest BCUT2D eigenvalue weighted by atomic mass is 16.5. The minimum Gasteiger partial charge on any atom is -0.496 e. The second-order valence-corrected chi connectivity index (χ2v) is 3.34. The van der Waals surface area contributed by atoms with Crippen LogP contribution in [-0.2, 0) is 0 Å². The molecule has 0 radical (unpaired) electrons. The molecule has 0 aliphatic carbocycles. The molecule has 0 saturated heterocycles. The zero-order valence-corrected chi connectivity index (χ0v) is 9.41. The molecule has 3 nitrogen and oxygen atoms in total. The van der Waals surface area contributed by atoms with Crippen LogP contribution in [-0.4, -0.2) is 14.2 Å². The van der Waals surface area contributed by atoms with Crippen molar-refractivity contribution in [3.05, 3.63) is 35.9 Å². The largest absolute Gasteiger partial charge is 0.496 e. The molecule has 0 spiro atoms. The maximum absolute atomic E-state index is 5.92. The van der Waals surface area contributed by atoms with Gasteiger partial charge in [-0.2, -0.15) is 0 Å². The first-order valence-electron chi connectivity index (χ1n) is 4.74. The van der Waals surface area contributed by atoms with E-state index in [2.05, 4.69) is 6.58 Å². The van der Waals surface area contributed by atoms with Gasteiger partial charge in [-0.3, -0.25) is 0 Å². The van der Waals surface area contributed by atoms with Crippen LogP contribution in [0.25, 0.3) is 0 Å². The molecule has 0 aliphatic rings. The minimum absolute atomic E-state index is 0.282. The predicted molar refractivity (Wildman–Crippen MR) is 61.4 cm³/mol. The van der Waals surface area contributed by atoms with Crippen molar-refractivity contribution < 1.29 is 9.47 Å². The van der Waals surface area contributed by atoms with Gasteiger partial charge in [-0.1, -0.05) is 6.08 Å². The highest BCUT2D eigenvalue weighted by Crippen LogP contribution is 2.34. The molecule has 2 N–H and O–H groups in total. The molecule has 3 heteroatoms. The maximum Gasteiger partial charge on any atom is 0.127 e. The summed E-state index contributed by atoms with van der Waals surface area (Å²) in [5, 5.41) is 0. The summed E-state index contributed by atoms with van der Waals surface area (Å²) in [6.45, 7) is 5.65. The Morgan fingerprint density at radius 1 is 1.27 bits per heavy atom. The van der Waals surface area contributed by atoms with Crippen molar-refractivity contribution in [2.45, 2.75) is 13.0 Å². The lowest BCUT2D eigenvalue weighted by Crippen LogP contribution is -2.10. The third-order valence-electron chi connectivity index (χ3n) is 2.28. The summed E-state index contributed by atoms with van der Waals surface area (Å²) in [5.41, 5.74) is 7.83. The first-order valence-corrected chi connectivity index (χ1v) is 4.74. The Labute approximate surface area is 90.5 Å². The monoisotopic (exact) mass is 207 g/mol. The Morgan fingerprint density at radius 3 is 2.07 bits per heavy atom. The number of methoxy groups -OCH3 is 2. The molecule has 15 heavy (non-hydrogen) atoms. The third-order valence-corrected chi connectivity index (χ3v) is 2.28. The normalized spacial score (nSPS) is 12.0. The van der Waals surface area contributed by atoms with Crippen LogP contribution in [0.1, 0.15) is 17.2 Å². The van der Waals surface area contributed by atoms with E-state index in [0.29, 0.717) is 0 Å². The van der Waals surface area contributed by atoms with E-state index in [4.69, 9.17) is 15.2 Å². The summed E-state index contributed by atoms with van der Waals surface area (Å²) >= 11 is 0. The van der Waals surface area contributed by atoms with Gasteiger partial charge in [0, 0.05) is 0 Å². The van der Waals surface area contributed by atoms with Crippen molar-refractivity contribution in [2.75, 3.05) is 14.2 Å². The van der Waals surface area contributed by atoms with Gasteiger partial charge in [0.1, 0.15) is 11.5 Å². The maximum atomic E-state index is 5.92. The Balaban J connectivity index is 3.36. The second kappa shape index (κ2) is 4.84. The fourth-order valence-electron chi connectivity index (χ4n) is 1.52. The summed E-state index contributed by atoms with van der Waals surface area (Å²) in [7, 11) is 3.24. The molecular formula is C12H17NO2. The van der Waals surface area contributed by atoms with E-state index in [9.17, 15) is 0 Å². The van der Waals surface area contributed by atoms with Crippen LogP contribution < -0.4 is 15.2 Å². The molecule has 1 atom stereocenters. The lowest BCUT2D eigenvalue weighted by atomic mass is 10.0. The summed E-state index contributed by atoms with van der Waals surface area (Å²) in [6.07, 6.45) is 1.66. The van der Waals surface area contributed by atoms with Gasteiger partial charge in [0.25, 0.3) is 0 Å². The fraction of sp³-hybridized carbons (Fsp3) is 0.333. The molecule has 0 aromatic heterocycles. The minimum atomic E-state index is -0.282. The molecule has 0 aliphatic heterocycles. The number of nitrogens with two attached hydrogens (primary N) is 1. The van der Waals surface area contributed by atoms with Crippen LogP contribution in [0.5, 0.6) is 11.5 Å². The number of hydrogen-bond acceptors (Lipinski definition) is 3. The van der Waals surface area contributed by atoms with Crippen LogP contribution >= 0.6 is 0 Å². The Kier molecular flexibility index (Phi) is 3.74. The summed E-state index contributed by atoms with van der Waals surface area (Å²) in [5.74, 6) is 1.47. The fourth-order valence-corrected chi connectivity index (χ4v) is 1.52.